The van der Waals surface area contributed by atoms with Crippen LogP contribution in [0, 0.1) is 0 Å². The second kappa shape index (κ2) is 11.1. The maximum absolute atomic E-state index is 5.38. The largest absolute Gasteiger partial charge is 0.0933 e. The van der Waals surface area contributed by atoms with Gasteiger partial charge in [0.05, 0.1) is 0 Å². The summed E-state index contributed by atoms with van der Waals surface area (Å²) in [5.41, 5.74) is 3.19. The molecule has 0 nitrogen and oxygen atoms in total. The van der Waals surface area contributed by atoms with Crippen LogP contribution in [0.15, 0.2) is 23.2 Å². The fourth-order valence-corrected chi connectivity index (χ4v) is 1.26. The summed E-state index contributed by atoms with van der Waals surface area (Å²) in [6.45, 7) is 0. The Morgan fingerprint density at radius 3 is 1.42 bits per heavy atom. The molecule has 0 aliphatic carbocycles. The van der Waals surface area contributed by atoms with Crippen molar-refractivity contribution in [2.75, 3.05) is 0 Å². The van der Waals surface area contributed by atoms with Crippen molar-refractivity contribution in [3.05, 3.63) is 23.2 Å². The molecule has 0 saturated carbocycles. The number of hydrogen-bond acceptors (Lipinski definition) is 0. The van der Waals surface area contributed by atoms with Gasteiger partial charge in [-0.25, -0.2) is 0 Å². The second-order valence-electron chi connectivity index (χ2n) is 2.71. The lowest BCUT2D eigenvalue weighted by Crippen LogP contribution is -1.76. The highest BCUT2D eigenvalue weighted by Crippen LogP contribution is 2.06. The third-order valence-electron chi connectivity index (χ3n) is 1.67. The van der Waals surface area contributed by atoms with Crippen molar-refractivity contribution in [3.63, 3.8) is 0 Å². The van der Waals surface area contributed by atoms with E-state index in [0.717, 1.165) is 12.8 Å². The van der Waals surface area contributed by atoms with Gasteiger partial charge in [-0.2, -0.15) is 0 Å². The lowest BCUT2D eigenvalue weighted by Gasteiger charge is -1.95. The third-order valence-corrected chi connectivity index (χ3v) is 2.03. The van der Waals surface area contributed by atoms with Gasteiger partial charge in [0.2, 0.25) is 0 Å². The van der Waals surface area contributed by atoms with Crippen LogP contribution in [0.2, 0.25) is 0 Å². The molecule has 0 aromatic heterocycles. The summed E-state index contributed by atoms with van der Waals surface area (Å²) in [4.78, 5) is 0. The highest BCUT2D eigenvalue weighted by Gasteiger charge is 1.86. The van der Waals surface area contributed by atoms with Gasteiger partial charge in [0.1, 0.15) is 0 Å². The molecule has 0 aromatic carbocycles. The lowest BCUT2D eigenvalue weighted by atomic mass is 10.1. The number of rotatable bonds is 7. The molecule has 2 heteroatoms. The monoisotopic (exact) mass is 206 g/mol. The van der Waals surface area contributed by atoms with Crippen LogP contribution >= 0.6 is 23.2 Å². The molecule has 0 bridgehead atoms. The Hall–Kier alpha value is 0.0600. The van der Waals surface area contributed by atoms with E-state index in [0.29, 0.717) is 0 Å². The summed E-state index contributed by atoms with van der Waals surface area (Å²) >= 11 is 10.8. The predicted molar refractivity (Wildman–Crippen MR) is 57.7 cm³/mol. The van der Waals surface area contributed by atoms with Crippen LogP contribution in [-0.2, 0) is 0 Å². The number of halogens is 2. The van der Waals surface area contributed by atoms with E-state index in [4.69, 9.17) is 23.2 Å². The first-order valence-electron chi connectivity index (χ1n) is 4.42. The van der Waals surface area contributed by atoms with E-state index in [-0.39, 0.29) is 0 Å². The van der Waals surface area contributed by atoms with Crippen molar-refractivity contribution in [2.24, 2.45) is 0 Å². The summed E-state index contributed by atoms with van der Waals surface area (Å²) < 4.78 is 0. The van der Waals surface area contributed by atoms with Crippen LogP contribution in [0.3, 0.4) is 0 Å². The highest BCUT2D eigenvalue weighted by atomic mass is 35.5. The molecular formula is C10H16Cl2. The van der Waals surface area contributed by atoms with Gasteiger partial charge in [-0.1, -0.05) is 48.2 Å². The first-order chi connectivity index (χ1) is 5.91. The third kappa shape index (κ3) is 10.1. The molecule has 0 aliphatic rings. The maximum Gasteiger partial charge on any atom is 0.000245 e. The molecule has 0 unspecified atom stereocenters. The number of unbranched alkanes of at least 4 members (excludes halogenated alkanes) is 5. The first-order valence-corrected chi connectivity index (χ1v) is 5.29. The van der Waals surface area contributed by atoms with Crippen molar-refractivity contribution < 1.29 is 0 Å². The van der Waals surface area contributed by atoms with Crippen molar-refractivity contribution in [3.8, 4) is 0 Å². The Morgan fingerprint density at radius 2 is 1.08 bits per heavy atom. The minimum Gasteiger partial charge on any atom is -0.0933 e. The molecule has 0 aromatic rings. The zero-order valence-electron chi connectivity index (χ0n) is 7.31. The van der Waals surface area contributed by atoms with E-state index in [1.807, 2.05) is 12.2 Å². The van der Waals surface area contributed by atoms with Crippen molar-refractivity contribution in [1.82, 2.24) is 0 Å². The minimum absolute atomic E-state index is 1.11. The molecule has 70 valence electrons. The van der Waals surface area contributed by atoms with Gasteiger partial charge in [0.15, 0.2) is 0 Å². The summed E-state index contributed by atoms with van der Waals surface area (Å²) in [6, 6.07) is 0. The SMILES string of the molecule is ClC=CCCCCCCC=CCl. The Kier molecular flexibility index (Phi) is 11.1. The number of hydrogen-bond donors (Lipinski definition) is 0. The first kappa shape index (κ1) is 12.1. The van der Waals surface area contributed by atoms with Gasteiger partial charge in [0, 0.05) is 11.1 Å². The summed E-state index contributed by atoms with van der Waals surface area (Å²) in [5, 5.41) is 0. The van der Waals surface area contributed by atoms with Crippen LogP contribution in [-0.4, -0.2) is 0 Å². The Morgan fingerprint density at radius 1 is 0.667 bits per heavy atom. The van der Waals surface area contributed by atoms with E-state index in [1.165, 1.54) is 25.7 Å². The van der Waals surface area contributed by atoms with E-state index < -0.39 is 0 Å². The summed E-state index contributed by atoms with van der Waals surface area (Å²) in [6.07, 6.45) is 11.3. The molecule has 12 heavy (non-hydrogen) atoms. The van der Waals surface area contributed by atoms with Gasteiger partial charge < -0.3 is 0 Å². The van der Waals surface area contributed by atoms with E-state index in [9.17, 15) is 0 Å². The zero-order valence-corrected chi connectivity index (χ0v) is 8.82. The molecule has 0 N–H and O–H groups in total. The van der Waals surface area contributed by atoms with Gasteiger partial charge in [-0.3, -0.25) is 0 Å². The van der Waals surface area contributed by atoms with Crippen molar-refractivity contribution in [1.29, 1.82) is 0 Å². The molecule has 0 heterocycles. The standard InChI is InChI=1S/C10H16Cl2/c11-9-7-5-3-1-2-4-6-8-10-12/h7-10H,1-6H2. The van der Waals surface area contributed by atoms with Crippen molar-refractivity contribution >= 4 is 23.2 Å². The predicted octanol–water partition coefficient (Wildman–Crippen LogP) is 4.83. The molecule has 0 atom stereocenters. The van der Waals surface area contributed by atoms with Gasteiger partial charge in [-0.05, 0) is 25.7 Å². The van der Waals surface area contributed by atoms with Gasteiger partial charge in [-0.15, -0.1) is 0 Å². The van der Waals surface area contributed by atoms with Crippen LogP contribution < -0.4 is 0 Å². The van der Waals surface area contributed by atoms with Gasteiger partial charge >= 0.3 is 0 Å². The Bertz CT molecular complexity index is 112. The molecule has 0 saturated heterocycles. The quantitative estimate of drug-likeness (QED) is 0.524. The molecule has 0 aliphatic heterocycles. The average Bonchev–Trinajstić information content (AvgIpc) is 2.10. The normalized spacial score (nSPS) is 11.8. The summed E-state index contributed by atoms with van der Waals surface area (Å²) in [5.74, 6) is 0. The molecule has 0 radical (unpaired) electrons. The Labute approximate surface area is 85.3 Å². The van der Waals surface area contributed by atoms with Crippen LogP contribution in [0.25, 0.3) is 0 Å². The van der Waals surface area contributed by atoms with Gasteiger partial charge in [0.25, 0.3) is 0 Å². The fraction of sp³-hybridized carbons (Fsp3) is 0.600. The maximum atomic E-state index is 5.38. The van der Waals surface area contributed by atoms with Crippen molar-refractivity contribution in [2.45, 2.75) is 38.5 Å². The van der Waals surface area contributed by atoms with Crippen LogP contribution in [0.5, 0.6) is 0 Å². The minimum atomic E-state index is 1.11. The molecule has 0 fully saturated rings. The second-order valence-corrected chi connectivity index (χ2v) is 3.22. The van der Waals surface area contributed by atoms with Crippen LogP contribution in [0.4, 0.5) is 0 Å². The highest BCUT2D eigenvalue weighted by molar-refractivity contribution is 6.25. The van der Waals surface area contributed by atoms with E-state index >= 15 is 0 Å². The fourth-order valence-electron chi connectivity index (χ4n) is 1.00. The topological polar surface area (TPSA) is 0 Å². The average molecular weight is 207 g/mol. The smallest absolute Gasteiger partial charge is 0.000245 e. The molecule has 0 amide bonds. The molecule has 0 rings (SSSR count). The van der Waals surface area contributed by atoms with Crippen LogP contribution in [0.1, 0.15) is 38.5 Å². The molecule has 0 spiro atoms. The lowest BCUT2D eigenvalue weighted by molar-refractivity contribution is 0.652. The molecular weight excluding hydrogens is 191 g/mol. The van der Waals surface area contributed by atoms with E-state index in [2.05, 4.69) is 0 Å². The zero-order chi connectivity index (χ0) is 9.07. The number of allylic oxidation sites excluding steroid dienone is 2. The van der Waals surface area contributed by atoms with E-state index in [1.54, 1.807) is 11.1 Å². The Balaban J connectivity index is 2.91. The summed E-state index contributed by atoms with van der Waals surface area (Å²) in [7, 11) is 0.